The molecule has 0 saturated carbocycles. The van der Waals surface area contributed by atoms with E-state index < -0.39 is 5.91 Å². The van der Waals surface area contributed by atoms with Crippen LogP contribution < -0.4 is 10.9 Å². The molecule has 70 valence electrons. The number of carbonyl (C=O) groups excluding carboxylic acids is 2. The van der Waals surface area contributed by atoms with Gasteiger partial charge < -0.3 is 4.42 Å². The van der Waals surface area contributed by atoms with Crippen molar-refractivity contribution in [2.45, 2.75) is 13.8 Å². The number of nitrogens with one attached hydrogen (secondary N) is 2. The molecule has 13 heavy (non-hydrogen) atoms. The predicted octanol–water partition coefficient (Wildman–Crippen LogP) is 0.369. The number of carbonyl (C=O) groups is 2. The number of hydrogen-bond donors (Lipinski definition) is 2. The van der Waals surface area contributed by atoms with Crippen molar-refractivity contribution in [1.82, 2.24) is 10.9 Å². The maximum absolute atomic E-state index is 11.2. The first-order valence-corrected chi connectivity index (χ1v) is 3.71. The predicted molar refractivity (Wildman–Crippen MR) is 44.7 cm³/mol. The summed E-state index contributed by atoms with van der Waals surface area (Å²) in [5, 5.41) is 0. The molecule has 0 saturated heterocycles. The Hall–Kier alpha value is -1.78. The molecule has 0 spiro atoms. The van der Waals surface area contributed by atoms with E-state index in [1.807, 2.05) is 0 Å². The van der Waals surface area contributed by atoms with Crippen molar-refractivity contribution in [3.05, 3.63) is 23.7 Å². The number of rotatable bonds is 1. The molecule has 5 heteroatoms. The number of furan rings is 1. The van der Waals surface area contributed by atoms with Gasteiger partial charge in [0.15, 0.2) is 0 Å². The highest BCUT2D eigenvalue weighted by atomic mass is 16.3. The monoisotopic (exact) mass is 182 g/mol. The number of hydrazine groups is 1. The summed E-state index contributed by atoms with van der Waals surface area (Å²) >= 11 is 0. The molecule has 0 aliphatic rings. The van der Waals surface area contributed by atoms with Gasteiger partial charge in [0.2, 0.25) is 5.91 Å². The van der Waals surface area contributed by atoms with Crippen molar-refractivity contribution in [2.24, 2.45) is 0 Å². The first-order valence-electron chi connectivity index (χ1n) is 3.71. The summed E-state index contributed by atoms with van der Waals surface area (Å²) in [6, 6.07) is 1.58. The van der Waals surface area contributed by atoms with E-state index in [0.29, 0.717) is 11.3 Å². The highest BCUT2D eigenvalue weighted by molar-refractivity contribution is 5.94. The number of aryl methyl sites for hydroxylation is 1. The third-order valence-electron chi connectivity index (χ3n) is 1.34. The number of amides is 2. The van der Waals surface area contributed by atoms with Gasteiger partial charge in [-0.05, 0) is 13.0 Å². The maximum Gasteiger partial charge on any atom is 0.272 e. The molecule has 0 aromatic carbocycles. The third-order valence-corrected chi connectivity index (χ3v) is 1.34. The van der Waals surface area contributed by atoms with Crippen LogP contribution in [0.3, 0.4) is 0 Å². The van der Waals surface area contributed by atoms with Crippen LogP contribution in [0.1, 0.15) is 23.0 Å². The van der Waals surface area contributed by atoms with Gasteiger partial charge in [0.25, 0.3) is 5.91 Å². The first-order chi connectivity index (χ1) is 6.09. The van der Waals surface area contributed by atoms with E-state index in [9.17, 15) is 9.59 Å². The Kier molecular flexibility index (Phi) is 2.69. The molecular formula is C8H10N2O3. The van der Waals surface area contributed by atoms with Crippen LogP contribution in [0.15, 0.2) is 16.7 Å². The van der Waals surface area contributed by atoms with Crippen molar-refractivity contribution in [3.8, 4) is 0 Å². The molecule has 0 radical (unpaired) electrons. The van der Waals surface area contributed by atoms with Crippen molar-refractivity contribution >= 4 is 11.8 Å². The minimum absolute atomic E-state index is 0.325. The molecule has 2 N–H and O–H groups in total. The Labute approximate surface area is 75.1 Å². The topological polar surface area (TPSA) is 71.3 Å². The zero-order chi connectivity index (χ0) is 9.84. The summed E-state index contributed by atoms with van der Waals surface area (Å²) in [6.07, 6.45) is 1.33. The van der Waals surface area contributed by atoms with Gasteiger partial charge in [-0.2, -0.15) is 0 Å². The van der Waals surface area contributed by atoms with Crippen molar-refractivity contribution in [2.75, 3.05) is 0 Å². The van der Waals surface area contributed by atoms with Crippen LogP contribution >= 0.6 is 0 Å². The molecule has 2 amide bonds. The summed E-state index contributed by atoms with van der Waals surface area (Å²) in [4.78, 5) is 21.6. The van der Waals surface area contributed by atoms with Crippen LogP contribution in [0, 0.1) is 6.92 Å². The summed E-state index contributed by atoms with van der Waals surface area (Å²) < 4.78 is 4.92. The summed E-state index contributed by atoms with van der Waals surface area (Å²) in [7, 11) is 0. The minimum Gasteiger partial charge on any atom is -0.469 e. The second kappa shape index (κ2) is 3.75. The second-order valence-corrected chi connectivity index (χ2v) is 2.58. The zero-order valence-corrected chi connectivity index (χ0v) is 7.38. The molecular weight excluding hydrogens is 172 g/mol. The highest BCUT2D eigenvalue weighted by Crippen LogP contribution is 2.04. The fraction of sp³-hybridized carbons (Fsp3) is 0.250. The largest absolute Gasteiger partial charge is 0.469 e. The fourth-order valence-corrected chi connectivity index (χ4v) is 0.779. The Balaban J connectivity index is 2.54. The Morgan fingerprint density at radius 1 is 1.38 bits per heavy atom. The quantitative estimate of drug-likeness (QED) is 0.616. The van der Waals surface area contributed by atoms with Crippen LogP contribution in [0.5, 0.6) is 0 Å². The number of hydrogen-bond acceptors (Lipinski definition) is 3. The van der Waals surface area contributed by atoms with Crippen molar-refractivity contribution < 1.29 is 14.0 Å². The van der Waals surface area contributed by atoms with Gasteiger partial charge in [-0.1, -0.05) is 0 Å². The lowest BCUT2D eigenvalue weighted by Crippen LogP contribution is -2.40. The SMILES string of the molecule is CC(=O)NNC(=O)c1coc(C)c1. The summed E-state index contributed by atoms with van der Waals surface area (Å²) in [6.45, 7) is 3.04. The smallest absolute Gasteiger partial charge is 0.272 e. The first kappa shape index (κ1) is 9.31. The summed E-state index contributed by atoms with van der Waals surface area (Å²) in [5.41, 5.74) is 4.77. The van der Waals surface area contributed by atoms with Gasteiger partial charge in [0.1, 0.15) is 12.0 Å². The van der Waals surface area contributed by atoms with E-state index in [2.05, 4.69) is 10.9 Å². The molecule has 0 unspecified atom stereocenters. The molecule has 1 aromatic rings. The van der Waals surface area contributed by atoms with Gasteiger partial charge in [0, 0.05) is 6.92 Å². The van der Waals surface area contributed by atoms with E-state index in [4.69, 9.17) is 4.42 Å². The standard InChI is InChI=1S/C8H10N2O3/c1-5-3-7(4-13-5)8(12)10-9-6(2)11/h3-4H,1-2H3,(H,9,11)(H,10,12). The van der Waals surface area contributed by atoms with Crippen molar-refractivity contribution in [1.29, 1.82) is 0 Å². The Bertz CT molecular complexity index is 330. The van der Waals surface area contributed by atoms with Gasteiger partial charge in [-0.15, -0.1) is 0 Å². The zero-order valence-electron chi connectivity index (χ0n) is 7.38. The van der Waals surface area contributed by atoms with E-state index in [0.717, 1.165) is 0 Å². The van der Waals surface area contributed by atoms with Gasteiger partial charge in [0.05, 0.1) is 5.56 Å². The van der Waals surface area contributed by atoms with Crippen LogP contribution in [0.25, 0.3) is 0 Å². The normalized spacial score (nSPS) is 9.38. The second-order valence-electron chi connectivity index (χ2n) is 2.58. The van der Waals surface area contributed by atoms with E-state index in [-0.39, 0.29) is 5.91 Å². The van der Waals surface area contributed by atoms with Gasteiger partial charge >= 0.3 is 0 Å². The van der Waals surface area contributed by atoms with E-state index in [1.165, 1.54) is 13.2 Å². The molecule has 0 bridgehead atoms. The highest BCUT2D eigenvalue weighted by Gasteiger charge is 2.07. The molecule has 1 aromatic heterocycles. The lowest BCUT2D eigenvalue weighted by molar-refractivity contribution is -0.119. The molecule has 1 rings (SSSR count). The Morgan fingerprint density at radius 2 is 2.08 bits per heavy atom. The van der Waals surface area contributed by atoms with Crippen LogP contribution in [-0.2, 0) is 4.79 Å². The van der Waals surface area contributed by atoms with Gasteiger partial charge in [-0.3, -0.25) is 20.4 Å². The molecule has 0 aliphatic carbocycles. The lowest BCUT2D eigenvalue weighted by Gasteiger charge is -2.01. The molecule has 5 nitrogen and oxygen atoms in total. The molecule has 0 atom stereocenters. The van der Waals surface area contributed by atoms with Crippen LogP contribution in [-0.4, -0.2) is 11.8 Å². The van der Waals surface area contributed by atoms with Crippen LogP contribution in [0.2, 0.25) is 0 Å². The molecule has 1 heterocycles. The fourth-order valence-electron chi connectivity index (χ4n) is 0.779. The van der Waals surface area contributed by atoms with Gasteiger partial charge in [-0.25, -0.2) is 0 Å². The van der Waals surface area contributed by atoms with Crippen molar-refractivity contribution in [3.63, 3.8) is 0 Å². The molecule has 0 aliphatic heterocycles. The van der Waals surface area contributed by atoms with E-state index in [1.54, 1.807) is 13.0 Å². The average molecular weight is 182 g/mol. The van der Waals surface area contributed by atoms with Crippen LogP contribution in [0.4, 0.5) is 0 Å². The third kappa shape index (κ3) is 2.62. The Morgan fingerprint density at radius 3 is 2.54 bits per heavy atom. The molecule has 0 fully saturated rings. The van der Waals surface area contributed by atoms with E-state index >= 15 is 0 Å². The lowest BCUT2D eigenvalue weighted by atomic mass is 10.3. The minimum atomic E-state index is -0.396. The summed E-state index contributed by atoms with van der Waals surface area (Å²) in [5.74, 6) is -0.0754. The maximum atomic E-state index is 11.2. The average Bonchev–Trinajstić information content (AvgIpc) is 2.47.